The van der Waals surface area contributed by atoms with Crippen LogP contribution >= 0.6 is 11.6 Å². The van der Waals surface area contributed by atoms with Crippen molar-refractivity contribution in [3.8, 4) is 5.75 Å². The first kappa shape index (κ1) is 17.2. The molecule has 0 unspecified atom stereocenters. The summed E-state index contributed by atoms with van der Waals surface area (Å²) in [6, 6.07) is 11.0. The van der Waals surface area contributed by atoms with Gasteiger partial charge in [-0.25, -0.2) is 4.79 Å². The number of carbonyl (C=O) groups excluding carboxylic acids is 1. The second-order valence-electron chi connectivity index (χ2n) is 5.43. The fourth-order valence-electron chi connectivity index (χ4n) is 2.03. The van der Waals surface area contributed by atoms with Crippen LogP contribution in [0.2, 0.25) is 5.02 Å². The van der Waals surface area contributed by atoms with Gasteiger partial charge in [0.15, 0.2) is 0 Å². The Morgan fingerprint density at radius 3 is 2.52 bits per heavy atom. The highest BCUT2D eigenvalue weighted by Gasteiger charge is 2.05. The molecule has 0 heterocycles. The third-order valence-corrected chi connectivity index (χ3v) is 3.82. The smallest absolute Gasteiger partial charge is 0.319 e. The number of aryl methyl sites for hydroxylation is 3. The number of amides is 2. The fourth-order valence-corrected chi connectivity index (χ4v) is 2.20. The van der Waals surface area contributed by atoms with Crippen LogP contribution in [0.3, 0.4) is 0 Å². The van der Waals surface area contributed by atoms with Crippen LogP contribution in [0.1, 0.15) is 16.7 Å². The van der Waals surface area contributed by atoms with E-state index in [0.717, 1.165) is 11.3 Å². The molecule has 0 saturated carbocycles. The molecular formula is C18H21ClN2O2. The normalized spacial score (nSPS) is 10.3. The second-order valence-corrected chi connectivity index (χ2v) is 5.87. The predicted molar refractivity (Wildman–Crippen MR) is 94.6 cm³/mol. The molecule has 0 fully saturated rings. The molecule has 5 heteroatoms. The van der Waals surface area contributed by atoms with E-state index in [1.54, 1.807) is 12.1 Å². The van der Waals surface area contributed by atoms with Gasteiger partial charge in [0.2, 0.25) is 0 Å². The first-order chi connectivity index (χ1) is 11.0. The minimum Gasteiger partial charge on any atom is -0.492 e. The molecule has 0 aliphatic rings. The summed E-state index contributed by atoms with van der Waals surface area (Å²) in [5.74, 6) is 0.806. The highest BCUT2D eigenvalue weighted by molar-refractivity contribution is 6.31. The Bertz CT molecular complexity index is 701. The van der Waals surface area contributed by atoms with Gasteiger partial charge in [-0.2, -0.15) is 0 Å². The standard InChI is InChI=1S/C18H21ClN2O2/c1-12-5-7-16(10-14(12)3)23-9-8-20-18(22)21-17-11-15(19)6-4-13(17)2/h4-7,10-11H,8-9H2,1-3H3,(H2,20,21,22). The van der Waals surface area contributed by atoms with Gasteiger partial charge in [0.05, 0.1) is 6.54 Å². The molecule has 2 aromatic rings. The summed E-state index contributed by atoms with van der Waals surface area (Å²) >= 11 is 5.93. The molecule has 0 aliphatic heterocycles. The average Bonchev–Trinajstić information content (AvgIpc) is 2.51. The zero-order valence-electron chi connectivity index (χ0n) is 13.6. The number of carbonyl (C=O) groups is 1. The van der Waals surface area contributed by atoms with Gasteiger partial charge in [0.25, 0.3) is 0 Å². The van der Waals surface area contributed by atoms with Crippen molar-refractivity contribution < 1.29 is 9.53 Å². The maximum absolute atomic E-state index is 11.9. The Labute approximate surface area is 141 Å². The van der Waals surface area contributed by atoms with Crippen molar-refractivity contribution in [3.05, 3.63) is 58.1 Å². The molecule has 2 N–H and O–H groups in total. The van der Waals surface area contributed by atoms with Crippen molar-refractivity contribution in [2.24, 2.45) is 0 Å². The van der Waals surface area contributed by atoms with Crippen LogP contribution in [-0.2, 0) is 0 Å². The van der Waals surface area contributed by atoms with Crippen LogP contribution in [0, 0.1) is 20.8 Å². The molecule has 2 aromatic carbocycles. The largest absolute Gasteiger partial charge is 0.492 e. The van der Waals surface area contributed by atoms with Crippen molar-refractivity contribution in [2.45, 2.75) is 20.8 Å². The van der Waals surface area contributed by atoms with E-state index in [-0.39, 0.29) is 6.03 Å². The first-order valence-electron chi connectivity index (χ1n) is 7.47. The molecule has 0 atom stereocenters. The lowest BCUT2D eigenvalue weighted by molar-refractivity contribution is 0.247. The third kappa shape index (κ3) is 5.18. The van der Waals surface area contributed by atoms with E-state index in [2.05, 4.69) is 17.6 Å². The molecule has 0 radical (unpaired) electrons. The van der Waals surface area contributed by atoms with E-state index in [1.807, 2.05) is 38.1 Å². The van der Waals surface area contributed by atoms with Crippen LogP contribution in [0.4, 0.5) is 10.5 Å². The number of anilines is 1. The number of hydrogen-bond donors (Lipinski definition) is 2. The number of benzene rings is 2. The molecule has 0 saturated heterocycles. The Kier molecular flexibility index (Phi) is 5.88. The summed E-state index contributed by atoms with van der Waals surface area (Å²) in [6.45, 7) is 6.83. The van der Waals surface area contributed by atoms with Crippen LogP contribution in [-0.4, -0.2) is 19.2 Å². The molecule has 23 heavy (non-hydrogen) atoms. The van der Waals surface area contributed by atoms with Crippen LogP contribution < -0.4 is 15.4 Å². The Morgan fingerprint density at radius 2 is 1.78 bits per heavy atom. The Hall–Kier alpha value is -2.20. The van der Waals surface area contributed by atoms with E-state index in [9.17, 15) is 4.79 Å². The summed E-state index contributed by atoms with van der Waals surface area (Å²) < 4.78 is 5.62. The Morgan fingerprint density at radius 1 is 1.04 bits per heavy atom. The maximum atomic E-state index is 11.9. The maximum Gasteiger partial charge on any atom is 0.319 e. The molecule has 0 spiro atoms. The van der Waals surface area contributed by atoms with Crippen LogP contribution in [0.15, 0.2) is 36.4 Å². The van der Waals surface area contributed by atoms with Gasteiger partial charge in [-0.3, -0.25) is 0 Å². The highest BCUT2D eigenvalue weighted by Crippen LogP contribution is 2.20. The number of halogens is 1. The lowest BCUT2D eigenvalue weighted by Crippen LogP contribution is -2.32. The zero-order valence-corrected chi connectivity index (χ0v) is 14.3. The molecular weight excluding hydrogens is 312 g/mol. The van der Waals surface area contributed by atoms with Gasteiger partial charge in [0, 0.05) is 10.7 Å². The summed E-state index contributed by atoms with van der Waals surface area (Å²) in [4.78, 5) is 11.9. The average molecular weight is 333 g/mol. The molecule has 4 nitrogen and oxygen atoms in total. The van der Waals surface area contributed by atoms with E-state index >= 15 is 0 Å². The van der Waals surface area contributed by atoms with Gasteiger partial charge in [-0.1, -0.05) is 23.7 Å². The minimum atomic E-state index is -0.279. The van der Waals surface area contributed by atoms with Gasteiger partial charge in [0.1, 0.15) is 12.4 Å². The molecule has 0 aliphatic carbocycles. The number of nitrogens with one attached hydrogen (secondary N) is 2. The molecule has 0 bridgehead atoms. The zero-order chi connectivity index (χ0) is 16.8. The lowest BCUT2D eigenvalue weighted by atomic mass is 10.1. The molecule has 2 amide bonds. The van der Waals surface area contributed by atoms with Crippen LogP contribution in [0.5, 0.6) is 5.75 Å². The van der Waals surface area contributed by atoms with Gasteiger partial charge < -0.3 is 15.4 Å². The van der Waals surface area contributed by atoms with Gasteiger partial charge in [-0.15, -0.1) is 0 Å². The monoisotopic (exact) mass is 332 g/mol. The lowest BCUT2D eigenvalue weighted by Gasteiger charge is -2.11. The summed E-state index contributed by atoms with van der Waals surface area (Å²) in [5.41, 5.74) is 4.07. The quantitative estimate of drug-likeness (QED) is 0.794. The summed E-state index contributed by atoms with van der Waals surface area (Å²) in [5, 5.41) is 6.12. The van der Waals surface area contributed by atoms with E-state index in [1.165, 1.54) is 11.1 Å². The van der Waals surface area contributed by atoms with Crippen molar-refractivity contribution >= 4 is 23.3 Å². The van der Waals surface area contributed by atoms with Crippen molar-refractivity contribution in [2.75, 3.05) is 18.5 Å². The SMILES string of the molecule is Cc1ccc(OCCNC(=O)Nc2cc(Cl)ccc2C)cc1C. The number of rotatable bonds is 5. The number of urea groups is 1. The number of ether oxygens (including phenoxy) is 1. The predicted octanol–water partition coefficient (Wildman–Crippen LogP) is 4.47. The molecule has 122 valence electrons. The fraction of sp³-hybridized carbons (Fsp3) is 0.278. The van der Waals surface area contributed by atoms with Crippen molar-refractivity contribution in [1.82, 2.24) is 5.32 Å². The highest BCUT2D eigenvalue weighted by atomic mass is 35.5. The van der Waals surface area contributed by atoms with Crippen molar-refractivity contribution in [1.29, 1.82) is 0 Å². The molecule has 2 rings (SSSR count). The van der Waals surface area contributed by atoms with E-state index in [4.69, 9.17) is 16.3 Å². The second kappa shape index (κ2) is 7.88. The van der Waals surface area contributed by atoms with Gasteiger partial charge in [-0.05, 0) is 61.7 Å². The first-order valence-corrected chi connectivity index (χ1v) is 7.84. The Balaban J connectivity index is 1.76. The number of hydrogen-bond acceptors (Lipinski definition) is 2. The summed E-state index contributed by atoms with van der Waals surface area (Å²) in [6.07, 6.45) is 0. The third-order valence-electron chi connectivity index (χ3n) is 3.58. The van der Waals surface area contributed by atoms with Crippen molar-refractivity contribution in [3.63, 3.8) is 0 Å². The van der Waals surface area contributed by atoms with Crippen LogP contribution in [0.25, 0.3) is 0 Å². The molecule has 0 aromatic heterocycles. The minimum absolute atomic E-state index is 0.279. The van der Waals surface area contributed by atoms with E-state index in [0.29, 0.717) is 23.9 Å². The summed E-state index contributed by atoms with van der Waals surface area (Å²) in [7, 11) is 0. The van der Waals surface area contributed by atoms with Gasteiger partial charge >= 0.3 is 6.03 Å². The topological polar surface area (TPSA) is 50.4 Å². The van der Waals surface area contributed by atoms with E-state index < -0.39 is 0 Å².